The van der Waals surface area contributed by atoms with Gasteiger partial charge in [0.25, 0.3) is 0 Å². The minimum atomic E-state index is -3.64. The van der Waals surface area contributed by atoms with Crippen LogP contribution in [0.15, 0.2) is 48.5 Å². The number of ketones is 1. The topological polar surface area (TPSA) is 212 Å². The summed E-state index contributed by atoms with van der Waals surface area (Å²) in [5, 5.41) is 0.499. The summed E-state index contributed by atoms with van der Waals surface area (Å²) in [6, 6.07) is 9.80. The lowest BCUT2D eigenvalue weighted by Gasteiger charge is -2.22. The minimum Gasteiger partial charge on any atom is -0.445 e. The SMILES string of the molecule is C.C.C.CC(=O)[C@@H](N)C(C)C.CCc1c(Cl)cccc1-c1cc(COC(N)=O)cc(N(C(N)=O)c2c(F)cccc2F)n1.CP(=O)(O)O. The Balaban J connectivity index is -0.00000108. The number of amides is 3. The highest BCUT2D eigenvalue weighted by molar-refractivity contribution is 7.50. The standard InChI is InChI=1S/C22H19ClF2N4O3.C6H13NO.CH5O3P.3CH4/c1-2-13-14(5-3-6-15(13)23)18-9-12(11-32-22(27)31)10-19(28-18)29(21(26)30)20-16(24)7-4-8-17(20)25;1-4(2)6(7)5(3)8;1-5(2,3)4;;;/h3-10H,2,11H2,1H3,(H2,26,30)(H2,27,31);4,6H,7H2,1-3H3;1H3,(H2,2,3,4);3*1H4/t;6-;;;;/m.0..../s1. The second-order valence-corrected chi connectivity index (χ2v) is 12.0. The molecule has 16 heteroatoms. The number of benzene rings is 2. The molecule has 0 saturated carbocycles. The van der Waals surface area contributed by atoms with Crippen molar-refractivity contribution in [2.75, 3.05) is 11.6 Å². The van der Waals surface area contributed by atoms with Crippen LogP contribution in [0.2, 0.25) is 5.02 Å². The van der Waals surface area contributed by atoms with Crippen molar-refractivity contribution in [2.24, 2.45) is 23.1 Å². The fraction of sp³-hybridized carbons (Fsp3) is 0.375. The summed E-state index contributed by atoms with van der Waals surface area (Å²) in [6.45, 7) is 7.87. The summed E-state index contributed by atoms with van der Waals surface area (Å²) in [6.07, 6.45) is -0.455. The number of pyridine rings is 1. The number of nitrogens with zero attached hydrogens (tertiary/aromatic N) is 2. The van der Waals surface area contributed by atoms with Crippen molar-refractivity contribution >= 4 is 48.6 Å². The zero-order valence-corrected chi connectivity index (χ0v) is 27.0. The Morgan fingerprint density at radius 3 is 1.92 bits per heavy atom. The van der Waals surface area contributed by atoms with Crippen LogP contribution in [0.25, 0.3) is 11.3 Å². The Hall–Kier alpha value is -3.94. The van der Waals surface area contributed by atoms with E-state index in [-0.39, 0.29) is 52.4 Å². The molecule has 0 spiro atoms. The summed E-state index contributed by atoms with van der Waals surface area (Å²) in [5.74, 6) is -1.86. The Kier molecular flexibility index (Phi) is 22.0. The van der Waals surface area contributed by atoms with Gasteiger partial charge < -0.3 is 31.7 Å². The van der Waals surface area contributed by atoms with Crippen LogP contribution in [0.5, 0.6) is 0 Å². The second kappa shape index (κ2) is 21.8. The average Bonchev–Trinajstić information content (AvgIpc) is 2.92. The molecule has 48 heavy (non-hydrogen) atoms. The first kappa shape index (κ1) is 48.5. The molecule has 12 nitrogen and oxygen atoms in total. The first-order chi connectivity index (χ1) is 20.8. The number of carbonyl (C=O) groups is 3. The second-order valence-electron chi connectivity index (χ2n) is 9.91. The zero-order valence-electron chi connectivity index (χ0n) is 25.3. The van der Waals surface area contributed by atoms with Gasteiger partial charge in [-0.05, 0) is 60.7 Å². The summed E-state index contributed by atoms with van der Waals surface area (Å²) in [7, 11) is -3.64. The number of hydrogen-bond donors (Lipinski definition) is 5. The maximum Gasteiger partial charge on any atom is 0.404 e. The first-order valence-corrected chi connectivity index (χ1v) is 15.8. The molecule has 0 unspecified atom stereocenters. The predicted molar refractivity (Wildman–Crippen MR) is 188 cm³/mol. The summed E-state index contributed by atoms with van der Waals surface area (Å²) >= 11 is 6.31. The Morgan fingerprint density at radius 2 is 1.52 bits per heavy atom. The van der Waals surface area contributed by atoms with E-state index in [9.17, 15) is 27.7 Å². The van der Waals surface area contributed by atoms with E-state index >= 15 is 0 Å². The number of rotatable bonds is 8. The third-order valence-corrected chi connectivity index (χ3v) is 6.15. The molecule has 3 rings (SSSR count). The van der Waals surface area contributed by atoms with Crippen molar-refractivity contribution in [1.29, 1.82) is 0 Å². The normalized spacial score (nSPS) is 10.7. The Bertz CT molecular complexity index is 1530. The van der Waals surface area contributed by atoms with Gasteiger partial charge in [0.15, 0.2) is 0 Å². The Morgan fingerprint density at radius 1 is 1.02 bits per heavy atom. The third-order valence-electron chi connectivity index (χ3n) is 5.80. The van der Waals surface area contributed by atoms with Crippen molar-refractivity contribution in [3.8, 4) is 11.3 Å². The highest BCUT2D eigenvalue weighted by atomic mass is 35.5. The van der Waals surface area contributed by atoms with Crippen LogP contribution in [0.3, 0.4) is 0 Å². The van der Waals surface area contributed by atoms with Gasteiger partial charge >= 0.3 is 19.7 Å². The molecular weight excluding hydrogens is 671 g/mol. The van der Waals surface area contributed by atoms with Crippen LogP contribution in [-0.2, 0) is 27.1 Å². The number of hydrogen-bond acceptors (Lipinski definition) is 7. The van der Waals surface area contributed by atoms with Crippen molar-refractivity contribution in [3.63, 3.8) is 0 Å². The van der Waals surface area contributed by atoms with E-state index in [0.29, 0.717) is 33.2 Å². The number of nitrogens with two attached hydrogens (primary N) is 3. The van der Waals surface area contributed by atoms with Crippen LogP contribution < -0.4 is 22.1 Å². The molecule has 0 aliphatic rings. The number of primary amides is 2. The number of halogens is 3. The third kappa shape index (κ3) is 15.8. The molecule has 2 aromatic carbocycles. The van der Waals surface area contributed by atoms with Gasteiger partial charge in [0.1, 0.15) is 35.5 Å². The smallest absolute Gasteiger partial charge is 0.404 e. The molecule has 1 aromatic heterocycles. The quantitative estimate of drug-likeness (QED) is 0.147. The van der Waals surface area contributed by atoms with E-state index in [4.69, 9.17) is 43.3 Å². The Labute approximate surface area is 286 Å². The number of para-hydroxylation sites is 1. The molecule has 3 amide bonds. The number of urea groups is 1. The van der Waals surface area contributed by atoms with Crippen molar-refractivity contribution in [2.45, 2.75) is 69.0 Å². The maximum atomic E-state index is 14.5. The largest absolute Gasteiger partial charge is 0.445 e. The molecule has 270 valence electrons. The summed E-state index contributed by atoms with van der Waals surface area (Å²) in [4.78, 5) is 54.1. The van der Waals surface area contributed by atoms with E-state index in [1.807, 2.05) is 20.8 Å². The predicted octanol–water partition coefficient (Wildman–Crippen LogP) is 7.32. The van der Waals surface area contributed by atoms with Crippen molar-refractivity contribution in [3.05, 3.63) is 76.3 Å². The highest BCUT2D eigenvalue weighted by Gasteiger charge is 2.25. The monoisotopic (exact) mass is 719 g/mol. The van der Waals surface area contributed by atoms with Crippen LogP contribution in [0.1, 0.15) is 61.1 Å². The van der Waals surface area contributed by atoms with Crippen LogP contribution in [0.4, 0.5) is 29.9 Å². The summed E-state index contributed by atoms with van der Waals surface area (Å²) < 4.78 is 43.1. The highest BCUT2D eigenvalue weighted by Crippen LogP contribution is 2.34. The van der Waals surface area contributed by atoms with Crippen molar-refractivity contribution in [1.82, 2.24) is 4.98 Å². The van der Waals surface area contributed by atoms with E-state index < -0.39 is 37.0 Å². The molecular formula is C32H49ClF2N5O7P. The van der Waals surface area contributed by atoms with Gasteiger partial charge in [0, 0.05) is 17.3 Å². The van der Waals surface area contributed by atoms with Gasteiger partial charge in [-0.2, -0.15) is 0 Å². The molecule has 0 radical (unpaired) electrons. The van der Waals surface area contributed by atoms with E-state index in [2.05, 4.69) is 4.98 Å². The van der Waals surface area contributed by atoms with Crippen LogP contribution >= 0.6 is 19.2 Å². The average molecular weight is 720 g/mol. The van der Waals surface area contributed by atoms with Gasteiger partial charge in [-0.15, -0.1) is 0 Å². The fourth-order valence-electron chi connectivity index (χ4n) is 3.73. The van der Waals surface area contributed by atoms with Gasteiger partial charge in [-0.25, -0.2) is 28.3 Å². The molecule has 0 aliphatic carbocycles. The number of aromatic nitrogens is 1. The number of carbonyl (C=O) groups excluding carboxylic acids is 3. The lowest BCUT2D eigenvalue weighted by molar-refractivity contribution is -0.119. The molecule has 1 atom stereocenters. The van der Waals surface area contributed by atoms with E-state index in [1.165, 1.54) is 13.0 Å². The minimum absolute atomic E-state index is 0. The lowest BCUT2D eigenvalue weighted by atomic mass is 10.0. The molecule has 0 saturated heterocycles. The van der Waals surface area contributed by atoms with E-state index in [1.54, 1.807) is 24.3 Å². The van der Waals surface area contributed by atoms with E-state index in [0.717, 1.165) is 30.4 Å². The molecule has 8 N–H and O–H groups in total. The summed E-state index contributed by atoms with van der Waals surface area (Å²) in [5.41, 5.74) is 17.3. The molecule has 1 heterocycles. The van der Waals surface area contributed by atoms with Gasteiger partial charge in [-0.1, -0.05) is 72.9 Å². The van der Waals surface area contributed by atoms with Crippen LogP contribution in [-0.4, -0.2) is 45.4 Å². The number of ether oxygens (including phenoxy) is 1. The fourth-order valence-corrected chi connectivity index (χ4v) is 4.04. The molecule has 3 aromatic rings. The molecule has 0 bridgehead atoms. The zero-order chi connectivity index (χ0) is 34.6. The number of anilines is 2. The van der Waals surface area contributed by atoms with Gasteiger partial charge in [0.05, 0.1) is 11.7 Å². The molecule has 0 aliphatic heterocycles. The van der Waals surface area contributed by atoms with Gasteiger partial charge in [0.2, 0.25) is 0 Å². The lowest BCUT2D eigenvalue weighted by Crippen LogP contribution is -2.33. The first-order valence-electron chi connectivity index (χ1n) is 13.3. The van der Waals surface area contributed by atoms with Crippen molar-refractivity contribution < 1.29 is 42.3 Å². The maximum absolute atomic E-state index is 14.5. The molecule has 0 fully saturated rings. The van der Waals surface area contributed by atoms with Gasteiger partial charge in [-0.3, -0.25) is 9.36 Å². The number of Topliss-reactive ketones (excluding diaryl/α,β-unsaturated/α-hetero) is 1. The van der Waals surface area contributed by atoms with Crippen LogP contribution in [0, 0.1) is 17.6 Å².